The zero-order chi connectivity index (χ0) is 12.3. The fraction of sp³-hybridized carbons (Fsp3) is 0.917. The number of carboxylic acid groups (broad SMARTS) is 1. The Balaban J connectivity index is 2.65. The molecule has 0 radical (unpaired) electrons. The highest BCUT2D eigenvalue weighted by Crippen LogP contribution is 2.24. The fourth-order valence-electron chi connectivity index (χ4n) is 2.60. The first-order chi connectivity index (χ1) is 7.39. The van der Waals surface area contributed by atoms with Gasteiger partial charge >= 0.3 is 5.97 Å². The van der Waals surface area contributed by atoms with Crippen molar-refractivity contribution in [3.8, 4) is 0 Å². The van der Waals surface area contributed by atoms with E-state index < -0.39 is 11.5 Å². The number of aliphatic carboxylic acids is 1. The molecule has 0 amide bonds. The van der Waals surface area contributed by atoms with Crippen LogP contribution in [0.25, 0.3) is 0 Å². The van der Waals surface area contributed by atoms with E-state index in [1.807, 2.05) is 6.92 Å². The van der Waals surface area contributed by atoms with E-state index in [0.717, 1.165) is 6.54 Å². The largest absolute Gasteiger partial charge is 0.480 e. The normalized spacial score (nSPS) is 30.2. The number of rotatable bonds is 5. The molecule has 94 valence electrons. The summed E-state index contributed by atoms with van der Waals surface area (Å²) < 4.78 is 0. The van der Waals surface area contributed by atoms with Gasteiger partial charge in [-0.15, -0.1) is 0 Å². The smallest absolute Gasteiger partial charge is 0.324 e. The van der Waals surface area contributed by atoms with Crippen molar-refractivity contribution >= 4 is 5.97 Å². The van der Waals surface area contributed by atoms with Gasteiger partial charge in [0.25, 0.3) is 0 Å². The summed E-state index contributed by atoms with van der Waals surface area (Å²) in [7, 11) is 0. The molecule has 0 aromatic carbocycles. The number of likely N-dealkylation sites (N-methyl/N-ethyl adjacent to an activating group) is 1. The molecule has 0 spiro atoms. The average Bonchev–Trinajstić information content (AvgIpc) is 2.45. The van der Waals surface area contributed by atoms with Gasteiger partial charge in [-0.25, -0.2) is 0 Å². The Bertz CT molecular complexity index is 257. The zero-order valence-electron chi connectivity index (χ0n) is 10.8. The van der Waals surface area contributed by atoms with Gasteiger partial charge in [0, 0.05) is 19.1 Å². The van der Waals surface area contributed by atoms with Crippen molar-refractivity contribution in [3.05, 3.63) is 0 Å². The van der Waals surface area contributed by atoms with Gasteiger partial charge in [0.1, 0.15) is 5.54 Å². The molecule has 0 aliphatic carbocycles. The highest BCUT2D eigenvalue weighted by atomic mass is 16.4. The van der Waals surface area contributed by atoms with Gasteiger partial charge < -0.3 is 10.4 Å². The number of carboxylic acids is 1. The van der Waals surface area contributed by atoms with Crippen LogP contribution >= 0.6 is 0 Å². The van der Waals surface area contributed by atoms with Gasteiger partial charge in [-0.1, -0.05) is 13.8 Å². The maximum atomic E-state index is 11.3. The van der Waals surface area contributed by atoms with Crippen LogP contribution < -0.4 is 5.32 Å². The standard InChI is InChI=1S/C12H24N2O2/c1-5-13-12(4,11(15)16)8-14-7-9(2)6-10(14)3/h9-10,13H,5-8H2,1-4H3,(H,15,16). The average molecular weight is 228 g/mol. The molecule has 4 heteroatoms. The number of likely N-dealkylation sites (tertiary alicyclic amines) is 1. The molecule has 1 rings (SSSR count). The number of nitrogens with one attached hydrogen (secondary N) is 1. The summed E-state index contributed by atoms with van der Waals surface area (Å²) in [5.74, 6) is -0.0872. The van der Waals surface area contributed by atoms with Crippen LogP contribution in [0.4, 0.5) is 0 Å². The molecule has 1 saturated heterocycles. The summed E-state index contributed by atoms with van der Waals surface area (Å²) in [5, 5.41) is 12.4. The summed E-state index contributed by atoms with van der Waals surface area (Å²) in [6, 6.07) is 0.493. The third-order valence-electron chi connectivity index (χ3n) is 3.47. The van der Waals surface area contributed by atoms with E-state index in [4.69, 9.17) is 0 Å². The minimum Gasteiger partial charge on any atom is -0.480 e. The second-order valence-electron chi connectivity index (χ2n) is 5.29. The van der Waals surface area contributed by atoms with Crippen molar-refractivity contribution in [1.82, 2.24) is 10.2 Å². The van der Waals surface area contributed by atoms with Crippen molar-refractivity contribution in [2.45, 2.75) is 45.7 Å². The molecule has 0 aromatic rings. The van der Waals surface area contributed by atoms with Crippen LogP contribution in [0.5, 0.6) is 0 Å². The van der Waals surface area contributed by atoms with E-state index in [-0.39, 0.29) is 0 Å². The molecule has 2 N–H and O–H groups in total. The van der Waals surface area contributed by atoms with Crippen LogP contribution in [-0.2, 0) is 4.79 Å². The molecule has 1 heterocycles. The van der Waals surface area contributed by atoms with Crippen LogP contribution in [0.2, 0.25) is 0 Å². The Kier molecular flexibility index (Phi) is 4.33. The first-order valence-corrected chi connectivity index (χ1v) is 6.11. The molecular formula is C12H24N2O2. The van der Waals surface area contributed by atoms with E-state index in [1.165, 1.54) is 6.42 Å². The first-order valence-electron chi connectivity index (χ1n) is 6.11. The molecule has 1 aliphatic rings. The maximum Gasteiger partial charge on any atom is 0.324 e. The Morgan fingerprint density at radius 1 is 1.56 bits per heavy atom. The maximum absolute atomic E-state index is 11.3. The molecule has 16 heavy (non-hydrogen) atoms. The number of carbonyl (C=O) groups is 1. The van der Waals surface area contributed by atoms with Crippen molar-refractivity contribution in [2.24, 2.45) is 5.92 Å². The second-order valence-corrected chi connectivity index (χ2v) is 5.29. The predicted molar refractivity (Wildman–Crippen MR) is 64.5 cm³/mol. The van der Waals surface area contributed by atoms with Gasteiger partial charge in [0.15, 0.2) is 0 Å². The molecule has 4 nitrogen and oxygen atoms in total. The van der Waals surface area contributed by atoms with Crippen LogP contribution in [0.15, 0.2) is 0 Å². The van der Waals surface area contributed by atoms with Crippen LogP contribution in [0.1, 0.15) is 34.1 Å². The van der Waals surface area contributed by atoms with Gasteiger partial charge in [0.2, 0.25) is 0 Å². The molecule has 1 aliphatic heterocycles. The molecular weight excluding hydrogens is 204 g/mol. The van der Waals surface area contributed by atoms with Crippen LogP contribution in [0.3, 0.4) is 0 Å². The Labute approximate surface area is 98.0 Å². The number of hydrogen-bond donors (Lipinski definition) is 2. The summed E-state index contributed by atoms with van der Waals surface area (Å²) in [6.07, 6.45) is 1.17. The second kappa shape index (κ2) is 5.15. The van der Waals surface area contributed by atoms with Crippen molar-refractivity contribution in [1.29, 1.82) is 0 Å². The van der Waals surface area contributed by atoms with Crippen LogP contribution in [0, 0.1) is 5.92 Å². The van der Waals surface area contributed by atoms with Gasteiger partial charge in [0.05, 0.1) is 0 Å². The third kappa shape index (κ3) is 2.95. The van der Waals surface area contributed by atoms with Gasteiger partial charge in [-0.2, -0.15) is 0 Å². The Morgan fingerprint density at radius 2 is 2.19 bits per heavy atom. The lowest BCUT2D eigenvalue weighted by Crippen LogP contribution is -2.57. The molecule has 3 atom stereocenters. The summed E-state index contributed by atoms with van der Waals surface area (Å²) in [5.41, 5.74) is -0.826. The Hall–Kier alpha value is -0.610. The van der Waals surface area contributed by atoms with Crippen molar-refractivity contribution in [3.63, 3.8) is 0 Å². The van der Waals surface area contributed by atoms with Gasteiger partial charge in [-0.05, 0) is 32.7 Å². The summed E-state index contributed by atoms with van der Waals surface area (Å²) in [6.45, 7) is 10.4. The molecule has 0 saturated carbocycles. The van der Waals surface area contributed by atoms with E-state index >= 15 is 0 Å². The highest BCUT2D eigenvalue weighted by molar-refractivity contribution is 5.78. The first kappa shape index (κ1) is 13.5. The highest BCUT2D eigenvalue weighted by Gasteiger charge is 2.38. The van der Waals surface area contributed by atoms with E-state index in [0.29, 0.717) is 25.0 Å². The Morgan fingerprint density at radius 3 is 2.56 bits per heavy atom. The minimum absolute atomic E-state index is 0.493. The third-order valence-corrected chi connectivity index (χ3v) is 3.47. The predicted octanol–water partition coefficient (Wildman–Crippen LogP) is 1.17. The quantitative estimate of drug-likeness (QED) is 0.741. The lowest BCUT2D eigenvalue weighted by atomic mass is 10.0. The SMILES string of the molecule is CCNC(C)(CN1CC(C)CC1C)C(=O)O. The van der Waals surface area contributed by atoms with Crippen molar-refractivity contribution in [2.75, 3.05) is 19.6 Å². The number of hydrogen-bond acceptors (Lipinski definition) is 3. The molecule has 0 aromatic heterocycles. The van der Waals surface area contributed by atoms with Crippen LogP contribution in [-0.4, -0.2) is 47.2 Å². The van der Waals surface area contributed by atoms with Gasteiger partial charge in [-0.3, -0.25) is 9.69 Å². The summed E-state index contributed by atoms with van der Waals surface area (Å²) >= 11 is 0. The molecule has 1 fully saturated rings. The summed E-state index contributed by atoms with van der Waals surface area (Å²) in [4.78, 5) is 13.6. The monoisotopic (exact) mass is 228 g/mol. The van der Waals surface area contributed by atoms with Crippen molar-refractivity contribution < 1.29 is 9.90 Å². The lowest BCUT2D eigenvalue weighted by molar-refractivity contribution is -0.145. The molecule has 3 unspecified atom stereocenters. The number of nitrogens with zero attached hydrogens (tertiary/aromatic N) is 1. The fourth-order valence-corrected chi connectivity index (χ4v) is 2.60. The lowest BCUT2D eigenvalue weighted by Gasteiger charge is -2.32. The zero-order valence-corrected chi connectivity index (χ0v) is 10.8. The molecule has 0 bridgehead atoms. The topological polar surface area (TPSA) is 52.6 Å². The van der Waals surface area contributed by atoms with E-state index in [9.17, 15) is 9.90 Å². The minimum atomic E-state index is -0.826. The van der Waals surface area contributed by atoms with E-state index in [1.54, 1.807) is 6.92 Å². The van der Waals surface area contributed by atoms with E-state index in [2.05, 4.69) is 24.1 Å².